The number of para-hydroxylation sites is 2. The van der Waals surface area contributed by atoms with E-state index in [0.29, 0.717) is 23.0 Å². The summed E-state index contributed by atoms with van der Waals surface area (Å²) in [5, 5.41) is 4.49. The Morgan fingerprint density at radius 1 is 1.02 bits per heavy atom. The van der Waals surface area contributed by atoms with Crippen molar-refractivity contribution >= 4 is 33.4 Å². The number of carbonyl (C=O) groups is 1. The highest BCUT2D eigenvalue weighted by Gasteiger charge is 2.44. The maximum atomic E-state index is 14.0. The molecule has 5 atom stereocenters. The van der Waals surface area contributed by atoms with Crippen LogP contribution in [0.25, 0.3) is 21.8 Å². The lowest BCUT2D eigenvalue weighted by Gasteiger charge is -2.51. The van der Waals surface area contributed by atoms with Crippen molar-refractivity contribution in [2.24, 2.45) is 11.8 Å². The molecule has 0 spiro atoms. The largest absolute Gasteiger partial charge is 0.483 e. The second kappa shape index (κ2) is 11.6. The van der Waals surface area contributed by atoms with Crippen molar-refractivity contribution in [2.45, 2.75) is 31.2 Å². The minimum atomic E-state index is -4.65. The molecule has 8 rings (SSSR count). The lowest BCUT2D eigenvalue weighted by atomic mass is 9.73. The highest BCUT2D eigenvalue weighted by molar-refractivity contribution is 6.09. The number of hydrogen-bond acceptors (Lipinski definition) is 5. The number of fused-ring (bicyclic) bond motifs is 5. The Balaban J connectivity index is 1.32. The molecule has 5 aromatic rings. The van der Waals surface area contributed by atoms with E-state index in [-0.39, 0.29) is 17.4 Å². The molecule has 228 valence electrons. The Bertz CT molecular complexity index is 1900. The molecule has 1 N–H and O–H groups in total. The average Bonchev–Trinajstić information content (AvgIpc) is 3.07. The molecule has 45 heavy (non-hydrogen) atoms. The SMILES string of the molecule is C=CC1CN2CCC1CC2C(Oc1ccc(C(F)(F)F)cc1C(=O)Nc1cccc2cccnc12)c1ccnc2ccccc12. The third-order valence-electron chi connectivity index (χ3n) is 9.18. The molecular weight excluding hydrogens is 577 g/mol. The van der Waals surface area contributed by atoms with Crippen LogP contribution in [0.4, 0.5) is 18.9 Å². The maximum Gasteiger partial charge on any atom is 0.416 e. The third kappa shape index (κ3) is 5.53. The van der Waals surface area contributed by atoms with E-state index in [0.717, 1.165) is 59.9 Å². The van der Waals surface area contributed by atoms with Gasteiger partial charge >= 0.3 is 6.18 Å². The second-order valence-corrected chi connectivity index (χ2v) is 11.7. The lowest BCUT2D eigenvalue weighted by Crippen LogP contribution is -2.55. The molecule has 0 radical (unpaired) electrons. The van der Waals surface area contributed by atoms with Gasteiger partial charge in [0.15, 0.2) is 0 Å². The van der Waals surface area contributed by atoms with Gasteiger partial charge in [-0.05, 0) is 73.7 Å². The number of aromatic nitrogens is 2. The van der Waals surface area contributed by atoms with Crippen LogP contribution in [-0.2, 0) is 6.18 Å². The average molecular weight is 609 g/mol. The van der Waals surface area contributed by atoms with Gasteiger partial charge in [0.05, 0.1) is 33.9 Å². The fourth-order valence-electron chi connectivity index (χ4n) is 6.93. The Hall–Kier alpha value is -4.76. The summed E-state index contributed by atoms with van der Waals surface area (Å²) in [6, 6.07) is 21.6. The lowest BCUT2D eigenvalue weighted by molar-refractivity contribution is -0.137. The minimum absolute atomic E-state index is 0.0637. The molecule has 3 aliphatic rings. The molecule has 3 aromatic carbocycles. The first kappa shape index (κ1) is 29.0. The zero-order valence-corrected chi connectivity index (χ0v) is 24.4. The van der Waals surface area contributed by atoms with Gasteiger partial charge < -0.3 is 10.1 Å². The van der Waals surface area contributed by atoms with Gasteiger partial charge in [0, 0.05) is 35.3 Å². The zero-order chi connectivity index (χ0) is 31.1. The number of amides is 1. The van der Waals surface area contributed by atoms with E-state index < -0.39 is 23.8 Å². The Kier molecular flexibility index (Phi) is 7.49. The predicted octanol–water partition coefficient (Wildman–Crippen LogP) is 8.07. The van der Waals surface area contributed by atoms with E-state index in [9.17, 15) is 18.0 Å². The number of piperidine rings is 3. The first-order valence-corrected chi connectivity index (χ1v) is 15.0. The second-order valence-electron chi connectivity index (χ2n) is 11.7. The van der Waals surface area contributed by atoms with Crippen molar-refractivity contribution in [2.75, 3.05) is 18.4 Å². The fourth-order valence-corrected chi connectivity index (χ4v) is 6.93. The molecule has 2 bridgehead atoms. The van der Waals surface area contributed by atoms with Gasteiger partial charge in [-0.1, -0.05) is 42.5 Å². The number of halogens is 3. The topological polar surface area (TPSA) is 67.3 Å². The molecule has 0 saturated carbocycles. The monoisotopic (exact) mass is 608 g/mol. The summed E-state index contributed by atoms with van der Waals surface area (Å²) < 4.78 is 48.7. The number of ether oxygens (including phenoxy) is 1. The fraction of sp³-hybridized carbons (Fsp3) is 0.250. The van der Waals surface area contributed by atoms with Crippen molar-refractivity contribution < 1.29 is 22.7 Å². The maximum absolute atomic E-state index is 14.0. The Labute approximate surface area is 258 Å². The van der Waals surface area contributed by atoms with Gasteiger partial charge in [-0.25, -0.2) is 0 Å². The number of anilines is 1. The van der Waals surface area contributed by atoms with Crippen LogP contribution in [0.3, 0.4) is 0 Å². The van der Waals surface area contributed by atoms with Gasteiger partial charge in [-0.2, -0.15) is 13.2 Å². The van der Waals surface area contributed by atoms with Crippen molar-refractivity contribution in [3.05, 3.63) is 121 Å². The number of alkyl halides is 3. The number of pyridine rings is 2. The Morgan fingerprint density at radius 2 is 1.87 bits per heavy atom. The van der Waals surface area contributed by atoms with Crippen LogP contribution >= 0.6 is 0 Å². The summed E-state index contributed by atoms with van der Waals surface area (Å²) in [5.41, 5.74) is 1.45. The normalized spacial score (nSPS) is 21.8. The van der Waals surface area contributed by atoms with E-state index in [2.05, 4.69) is 26.8 Å². The van der Waals surface area contributed by atoms with E-state index in [1.807, 2.05) is 48.5 Å². The minimum Gasteiger partial charge on any atom is -0.483 e. The number of rotatable bonds is 7. The van der Waals surface area contributed by atoms with Gasteiger partial charge in [-0.15, -0.1) is 6.58 Å². The summed E-state index contributed by atoms with van der Waals surface area (Å²) in [4.78, 5) is 25.1. The first-order valence-electron chi connectivity index (χ1n) is 15.0. The van der Waals surface area contributed by atoms with Gasteiger partial charge in [0.1, 0.15) is 11.9 Å². The zero-order valence-electron chi connectivity index (χ0n) is 24.4. The molecule has 9 heteroatoms. The Morgan fingerprint density at radius 3 is 2.67 bits per heavy atom. The van der Waals surface area contributed by atoms with E-state index >= 15 is 0 Å². The molecule has 0 aliphatic carbocycles. The molecule has 3 fully saturated rings. The molecule has 5 heterocycles. The van der Waals surface area contributed by atoms with Crippen molar-refractivity contribution in [1.29, 1.82) is 0 Å². The number of nitrogens with zero attached hydrogens (tertiary/aromatic N) is 3. The summed E-state index contributed by atoms with van der Waals surface area (Å²) in [6.07, 6.45) is 2.00. The van der Waals surface area contributed by atoms with Crippen molar-refractivity contribution in [3.8, 4) is 5.75 Å². The molecule has 2 aromatic heterocycles. The molecule has 6 nitrogen and oxygen atoms in total. The van der Waals surface area contributed by atoms with Crippen molar-refractivity contribution in [1.82, 2.24) is 14.9 Å². The summed E-state index contributed by atoms with van der Waals surface area (Å²) in [6.45, 7) is 5.76. The number of benzene rings is 3. The molecule has 3 saturated heterocycles. The third-order valence-corrected chi connectivity index (χ3v) is 9.18. The smallest absolute Gasteiger partial charge is 0.416 e. The highest BCUT2D eigenvalue weighted by atomic mass is 19.4. The van der Waals surface area contributed by atoms with E-state index in [1.165, 1.54) is 6.07 Å². The molecule has 5 unspecified atom stereocenters. The van der Waals surface area contributed by atoms with Crippen LogP contribution in [-0.4, -0.2) is 39.9 Å². The summed E-state index contributed by atoms with van der Waals surface area (Å²) >= 11 is 0. The standard InChI is InChI=1S/C36H31F3N4O2/c1-2-22-21-43-18-15-24(22)19-31(43)34(27-14-17-40-29-10-4-3-9-26(27)29)45-32-13-12-25(36(37,38)39)20-28(32)35(44)42-30-11-5-7-23-8-6-16-41-33(23)30/h2-14,16-17,20,22,24,31,34H,1,15,18-19,21H2,(H,42,44). The predicted molar refractivity (Wildman–Crippen MR) is 168 cm³/mol. The van der Waals surface area contributed by atoms with E-state index in [1.54, 1.807) is 30.6 Å². The molecular formula is C36H31F3N4O2. The van der Waals surface area contributed by atoms with Crippen LogP contribution < -0.4 is 10.1 Å². The first-order chi connectivity index (χ1) is 21.8. The number of hydrogen-bond donors (Lipinski definition) is 1. The van der Waals surface area contributed by atoms with Gasteiger partial charge in [-0.3, -0.25) is 19.7 Å². The van der Waals surface area contributed by atoms with Crippen LogP contribution in [0.2, 0.25) is 0 Å². The number of nitrogens with one attached hydrogen (secondary N) is 1. The summed E-state index contributed by atoms with van der Waals surface area (Å²) in [5.74, 6) is 0.143. The molecule has 3 aliphatic heterocycles. The van der Waals surface area contributed by atoms with Crippen LogP contribution in [0.15, 0.2) is 104 Å². The van der Waals surface area contributed by atoms with Gasteiger partial charge in [0.25, 0.3) is 5.91 Å². The van der Waals surface area contributed by atoms with Gasteiger partial charge in [0.2, 0.25) is 0 Å². The van der Waals surface area contributed by atoms with Crippen LogP contribution in [0.1, 0.15) is 40.4 Å². The summed E-state index contributed by atoms with van der Waals surface area (Å²) in [7, 11) is 0. The van der Waals surface area contributed by atoms with Crippen LogP contribution in [0, 0.1) is 11.8 Å². The van der Waals surface area contributed by atoms with Crippen LogP contribution in [0.5, 0.6) is 5.75 Å². The van der Waals surface area contributed by atoms with Crippen molar-refractivity contribution in [3.63, 3.8) is 0 Å². The quantitative estimate of drug-likeness (QED) is 0.189. The number of carbonyl (C=O) groups excluding carboxylic acids is 1. The van der Waals surface area contributed by atoms with E-state index in [4.69, 9.17) is 4.74 Å². The molecule has 1 amide bonds. The highest BCUT2D eigenvalue weighted by Crippen LogP contribution is 2.44.